The molecule has 0 radical (unpaired) electrons. The number of carbonyl (C=O) groups is 2. The highest BCUT2D eigenvalue weighted by Crippen LogP contribution is 2.32. The molecule has 2 aromatic rings. The maximum atomic E-state index is 13.1. The van der Waals surface area contributed by atoms with Crippen molar-refractivity contribution in [1.29, 1.82) is 0 Å². The van der Waals surface area contributed by atoms with Gasteiger partial charge in [0.05, 0.1) is 11.1 Å². The smallest absolute Gasteiger partial charge is 0.352 e. The Bertz CT molecular complexity index is 800. The maximum Gasteiger partial charge on any atom is 0.417 e. The zero-order chi connectivity index (χ0) is 18.7. The Morgan fingerprint density at radius 1 is 1.00 bits per heavy atom. The molecule has 1 aromatic heterocycles. The maximum absolute atomic E-state index is 13.1. The van der Waals surface area contributed by atoms with Crippen molar-refractivity contribution in [1.82, 2.24) is 15.1 Å². The number of anilines is 1. The highest BCUT2D eigenvalue weighted by atomic mass is 19.4. The van der Waals surface area contributed by atoms with Crippen molar-refractivity contribution in [2.45, 2.75) is 6.18 Å². The lowest BCUT2D eigenvalue weighted by Crippen LogP contribution is -2.49. The molecule has 1 aliphatic heterocycles. The number of rotatable bonds is 3. The minimum Gasteiger partial charge on any atom is -0.352 e. The first kappa shape index (κ1) is 17.8. The van der Waals surface area contributed by atoms with Gasteiger partial charge in [0, 0.05) is 26.2 Å². The molecule has 0 aliphatic carbocycles. The van der Waals surface area contributed by atoms with Gasteiger partial charge in [-0.1, -0.05) is 12.1 Å². The molecule has 1 amide bonds. The summed E-state index contributed by atoms with van der Waals surface area (Å²) in [7, 11) is 0. The van der Waals surface area contributed by atoms with Crippen LogP contribution in [0.3, 0.4) is 0 Å². The summed E-state index contributed by atoms with van der Waals surface area (Å²) in [5, 5.41) is 7.69. The Hall–Kier alpha value is -2.97. The number of hydrogen-bond acceptors (Lipinski definition) is 5. The van der Waals surface area contributed by atoms with Gasteiger partial charge in [0.1, 0.15) is 5.69 Å². The molecule has 1 fully saturated rings. The number of aldehydes is 1. The fourth-order valence-electron chi connectivity index (χ4n) is 2.79. The van der Waals surface area contributed by atoms with Crippen LogP contribution < -0.4 is 4.90 Å². The zero-order valence-corrected chi connectivity index (χ0v) is 13.6. The molecule has 2 heterocycles. The Morgan fingerprint density at radius 3 is 2.27 bits per heavy atom. The Morgan fingerprint density at radius 2 is 1.69 bits per heavy atom. The predicted octanol–water partition coefficient (Wildman–Crippen LogP) is 2.27. The van der Waals surface area contributed by atoms with Crippen molar-refractivity contribution in [3.8, 4) is 0 Å². The minimum atomic E-state index is -4.58. The van der Waals surface area contributed by atoms with E-state index in [9.17, 15) is 22.8 Å². The molecule has 0 unspecified atom stereocenters. The third kappa shape index (κ3) is 3.66. The van der Waals surface area contributed by atoms with Gasteiger partial charge < -0.3 is 9.80 Å². The van der Waals surface area contributed by atoms with E-state index in [2.05, 4.69) is 10.2 Å². The second-order valence-electron chi connectivity index (χ2n) is 5.76. The van der Waals surface area contributed by atoms with Gasteiger partial charge in [-0.05, 0) is 24.3 Å². The lowest BCUT2D eigenvalue weighted by Gasteiger charge is -2.35. The van der Waals surface area contributed by atoms with Crippen LogP contribution in [0.4, 0.5) is 19.0 Å². The molecule has 136 valence electrons. The second kappa shape index (κ2) is 7.11. The summed E-state index contributed by atoms with van der Waals surface area (Å²) in [5.41, 5.74) is -1.06. The lowest BCUT2D eigenvalue weighted by atomic mass is 10.1. The SMILES string of the molecule is O=Cc1ccc(N2CCN(C(=O)c3ccccc3C(F)(F)F)CC2)nn1. The average Bonchev–Trinajstić information content (AvgIpc) is 2.67. The van der Waals surface area contributed by atoms with E-state index in [0.717, 1.165) is 6.07 Å². The van der Waals surface area contributed by atoms with Gasteiger partial charge in [0.25, 0.3) is 5.91 Å². The van der Waals surface area contributed by atoms with Crippen molar-refractivity contribution < 1.29 is 22.8 Å². The van der Waals surface area contributed by atoms with Gasteiger partial charge in [-0.15, -0.1) is 10.2 Å². The molecule has 0 saturated carbocycles. The van der Waals surface area contributed by atoms with Crippen molar-refractivity contribution in [2.24, 2.45) is 0 Å². The number of halogens is 3. The highest BCUT2D eigenvalue weighted by molar-refractivity contribution is 5.96. The third-order valence-corrected chi connectivity index (χ3v) is 4.15. The van der Waals surface area contributed by atoms with Gasteiger partial charge in [0.2, 0.25) is 0 Å². The molecule has 9 heteroatoms. The van der Waals surface area contributed by atoms with E-state index in [1.807, 2.05) is 4.90 Å². The van der Waals surface area contributed by atoms with Crippen LogP contribution in [-0.2, 0) is 6.18 Å². The first-order chi connectivity index (χ1) is 12.4. The van der Waals surface area contributed by atoms with Gasteiger partial charge in [0.15, 0.2) is 12.1 Å². The van der Waals surface area contributed by atoms with Crippen LogP contribution in [0.2, 0.25) is 0 Å². The molecule has 0 atom stereocenters. The monoisotopic (exact) mass is 364 g/mol. The summed E-state index contributed by atoms with van der Waals surface area (Å²) in [4.78, 5) is 26.4. The van der Waals surface area contributed by atoms with Crippen LogP contribution in [0.25, 0.3) is 0 Å². The molecular weight excluding hydrogens is 349 g/mol. The van der Waals surface area contributed by atoms with Crippen LogP contribution in [-0.4, -0.2) is 53.5 Å². The number of piperazine rings is 1. The predicted molar refractivity (Wildman–Crippen MR) is 87.0 cm³/mol. The van der Waals surface area contributed by atoms with Gasteiger partial charge in [-0.25, -0.2) is 0 Å². The van der Waals surface area contributed by atoms with Crippen molar-refractivity contribution >= 4 is 18.0 Å². The number of aromatic nitrogens is 2. The minimum absolute atomic E-state index is 0.214. The highest BCUT2D eigenvalue weighted by Gasteiger charge is 2.36. The van der Waals surface area contributed by atoms with Crippen LogP contribution in [0.1, 0.15) is 26.4 Å². The quantitative estimate of drug-likeness (QED) is 0.782. The molecule has 0 N–H and O–H groups in total. The van der Waals surface area contributed by atoms with E-state index in [-0.39, 0.29) is 24.3 Å². The summed E-state index contributed by atoms with van der Waals surface area (Å²) < 4.78 is 39.3. The Labute approximate surface area is 147 Å². The molecule has 1 aromatic carbocycles. The number of nitrogens with zero attached hydrogens (tertiary/aromatic N) is 4. The topological polar surface area (TPSA) is 66.4 Å². The van der Waals surface area contributed by atoms with Gasteiger partial charge in [-0.2, -0.15) is 13.2 Å². The second-order valence-corrected chi connectivity index (χ2v) is 5.76. The fourth-order valence-corrected chi connectivity index (χ4v) is 2.79. The van der Waals surface area contributed by atoms with E-state index in [0.29, 0.717) is 25.2 Å². The summed E-state index contributed by atoms with van der Waals surface area (Å²) in [6.07, 6.45) is -3.99. The summed E-state index contributed by atoms with van der Waals surface area (Å²) in [6.45, 7) is 1.36. The first-order valence-electron chi connectivity index (χ1n) is 7.89. The summed E-state index contributed by atoms with van der Waals surface area (Å²) in [6, 6.07) is 7.97. The van der Waals surface area contributed by atoms with Crippen LogP contribution in [0, 0.1) is 0 Å². The zero-order valence-electron chi connectivity index (χ0n) is 13.6. The number of carbonyl (C=O) groups excluding carboxylic acids is 2. The van der Waals surface area contributed by atoms with Crippen LogP contribution >= 0.6 is 0 Å². The summed E-state index contributed by atoms with van der Waals surface area (Å²) in [5.74, 6) is -0.0849. The normalized spacial score (nSPS) is 15.0. The van der Waals surface area contributed by atoms with Crippen molar-refractivity contribution in [2.75, 3.05) is 31.1 Å². The van der Waals surface area contributed by atoms with Crippen molar-refractivity contribution in [3.05, 3.63) is 53.2 Å². The molecular formula is C17H15F3N4O2. The standard InChI is InChI=1S/C17H15F3N4O2/c18-17(19,20)14-4-2-1-3-13(14)16(26)24-9-7-23(8-10-24)15-6-5-12(11-25)21-22-15/h1-6,11H,7-10H2. The van der Waals surface area contributed by atoms with E-state index in [4.69, 9.17) is 0 Å². The lowest BCUT2D eigenvalue weighted by molar-refractivity contribution is -0.138. The average molecular weight is 364 g/mol. The van der Waals surface area contributed by atoms with Crippen LogP contribution in [0.15, 0.2) is 36.4 Å². The molecule has 26 heavy (non-hydrogen) atoms. The number of amides is 1. The molecule has 0 bridgehead atoms. The van der Waals surface area contributed by atoms with E-state index in [1.165, 1.54) is 29.2 Å². The number of hydrogen-bond donors (Lipinski definition) is 0. The molecule has 0 spiro atoms. The first-order valence-corrected chi connectivity index (χ1v) is 7.89. The molecule has 1 aliphatic rings. The largest absolute Gasteiger partial charge is 0.417 e. The van der Waals surface area contributed by atoms with E-state index in [1.54, 1.807) is 6.07 Å². The van der Waals surface area contributed by atoms with E-state index >= 15 is 0 Å². The molecule has 3 rings (SSSR count). The van der Waals surface area contributed by atoms with Crippen LogP contribution in [0.5, 0.6) is 0 Å². The summed E-state index contributed by atoms with van der Waals surface area (Å²) >= 11 is 0. The fraction of sp³-hybridized carbons (Fsp3) is 0.294. The molecule has 1 saturated heterocycles. The van der Waals surface area contributed by atoms with E-state index < -0.39 is 17.6 Å². The van der Waals surface area contributed by atoms with Crippen molar-refractivity contribution in [3.63, 3.8) is 0 Å². The third-order valence-electron chi connectivity index (χ3n) is 4.15. The van der Waals surface area contributed by atoms with Gasteiger partial charge in [-0.3, -0.25) is 9.59 Å². The number of alkyl halides is 3. The van der Waals surface area contributed by atoms with Gasteiger partial charge >= 0.3 is 6.18 Å². The Kier molecular flexibility index (Phi) is 4.88. The number of benzene rings is 1. The Balaban J connectivity index is 1.70. The molecule has 6 nitrogen and oxygen atoms in total.